The van der Waals surface area contributed by atoms with Crippen LogP contribution in [0.4, 0.5) is 8.78 Å². The Morgan fingerprint density at radius 2 is 1.78 bits per heavy atom. The van der Waals surface area contributed by atoms with Crippen LogP contribution >= 0.6 is 11.6 Å². The molecule has 2 aromatic carbocycles. The smallest absolute Gasteiger partial charge is 0.326 e. The van der Waals surface area contributed by atoms with E-state index in [4.69, 9.17) is 11.6 Å². The average Bonchev–Trinajstić information content (AvgIpc) is 2.51. The van der Waals surface area contributed by atoms with Gasteiger partial charge in [0.2, 0.25) is 0 Å². The van der Waals surface area contributed by atoms with Crippen LogP contribution in [0.15, 0.2) is 42.5 Å². The summed E-state index contributed by atoms with van der Waals surface area (Å²) >= 11 is 5.59. The molecule has 0 aliphatic rings. The van der Waals surface area contributed by atoms with Gasteiger partial charge in [0, 0.05) is 6.42 Å². The number of carboxylic acid groups (broad SMARTS) is 1. The van der Waals surface area contributed by atoms with Crippen LogP contribution < -0.4 is 5.32 Å². The van der Waals surface area contributed by atoms with Crippen molar-refractivity contribution in [1.29, 1.82) is 0 Å². The highest BCUT2D eigenvalue weighted by atomic mass is 35.5. The molecule has 4 nitrogen and oxygen atoms in total. The van der Waals surface area contributed by atoms with Gasteiger partial charge in [0.1, 0.15) is 11.9 Å². The fraction of sp³-hybridized carbons (Fsp3) is 0.125. The van der Waals surface area contributed by atoms with Crippen molar-refractivity contribution in [3.05, 3.63) is 70.2 Å². The monoisotopic (exact) mass is 339 g/mol. The molecule has 0 bridgehead atoms. The minimum atomic E-state index is -1.29. The maximum atomic E-state index is 13.8. The van der Waals surface area contributed by atoms with Crippen LogP contribution in [0.3, 0.4) is 0 Å². The molecule has 120 valence electrons. The molecule has 2 aromatic rings. The number of hydrogen-bond acceptors (Lipinski definition) is 2. The lowest BCUT2D eigenvalue weighted by Crippen LogP contribution is -2.42. The fourth-order valence-electron chi connectivity index (χ4n) is 1.97. The molecule has 0 aliphatic heterocycles. The first-order valence-electron chi connectivity index (χ1n) is 6.60. The first-order valence-corrected chi connectivity index (χ1v) is 6.98. The maximum absolute atomic E-state index is 13.8. The molecule has 0 fully saturated rings. The number of carbonyl (C=O) groups excluding carboxylic acids is 1. The van der Waals surface area contributed by atoms with Gasteiger partial charge in [-0.1, -0.05) is 29.8 Å². The largest absolute Gasteiger partial charge is 0.480 e. The van der Waals surface area contributed by atoms with Gasteiger partial charge < -0.3 is 10.4 Å². The summed E-state index contributed by atoms with van der Waals surface area (Å²) in [5.41, 5.74) is 0.175. The van der Waals surface area contributed by atoms with Crippen LogP contribution in [0.1, 0.15) is 15.9 Å². The first kappa shape index (κ1) is 16.9. The Labute approximate surface area is 135 Å². The van der Waals surface area contributed by atoms with Gasteiger partial charge in [0.05, 0.1) is 10.6 Å². The Kier molecular flexibility index (Phi) is 5.28. The fourth-order valence-corrected chi connectivity index (χ4v) is 2.15. The summed E-state index contributed by atoms with van der Waals surface area (Å²) in [6.45, 7) is 0. The van der Waals surface area contributed by atoms with Crippen LogP contribution in [0.25, 0.3) is 0 Å². The van der Waals surface area contributed by atoms with Crippen molar-refractivity contribution in [3.8, 4) is 0 Å². The lowest BCUT2D eigenvalue weighted by Gasteiger charge is -2.15. The van der Waals surface area contributed by atoms with E-state index in [9.17, 15) is 23.5 Å². The lowest BCUT2D eigenvalue weighted by atomic mass is 10.1. The topological polar surface area (TPSA) is 66.4 Å². The van der Waals surface area contributed by atoms with E-state index in [-0.39, 0.29) is 17.0 Å². The van der Waals surface area contributed by atoms with Crippen LogP contribution in [0, 0.1) is 11.6 Å². The van der Waals surface area contributed by atoms with Gasteiger partial charge in [-0.15, -0.1) is 0 Å². The number of rotatable bonds is 5. The van der Waals surface area contributed by atoms with E-state index in [1.807, 2.05) is 0 Å². The second-order valence-corrected chi connectivity index (χ2v) is 5.20. The molecule has 2 rings (SSSR count). The van der Waals surface area contributed by atoms with Crippen molar-refractivity contribution in [2.24, 2.45) is 0 Å². The zero-order valence-electron chi connectivity index (χ0n) is 11.7. The van der Waals surface area contributed by atoms with E-state index in [0.29, 0.717) is 5.56 Å². The molecule has 2 N–H and O–H groups in total. The number of hydrogen-bond donors (Lipinski definition) is 2. The van der Waals surface area contributed by atoms with Gasteiger partial charge in [-0.05, 0) is 29.8 Å². The summed E-state index contributed by atoms with van der Waals surface area (Å²) in [6, 6.07) is 7.78. The number of carboxylic acids is 1. The predicted molar refractivity (Wildman–Crippen MR) is 80.4 cm³/mol. The van der Waals surface area contributed by atoms with Gasteiger partial charge in [0.25, 0.3) is 5.91 Å². The zero-order chi connectivity index (χ0) is 17.0. The third-order valence-electron chi connectivity index (χ3n) is 3.15. The average molecular weight is 340 g/mol. The van der Waals surface area contributed by atoms with Crippen molar-refractivity contribution in [2.75, 3.05) is 0 Å². The molecule has 0 spiro atoms. The predicted octanol–water partition coefficient (Wildman–Crippen LogP) is 3.04. The van der Waals surface area contributed by atoms with E-state index in [0.717, 1.165) is 0 Å². The minimum Gasteiger partial charge on any atom is -0.480 e. The Bertz CT molecular complexity index is 735. The summed E-state index contributed by atoms with van der Waals surface area (Å²) < 4.78 is 26.6. The highest BCUT2D eigenvalue weighted by Gasteiger charge is 2.23. The van der Waals surface area contributed by atoms with E-state index >= 15 is 0 Å². The molecule has 0 unspecified atom stereocenters. The quantitative estimate of drug-likeness (QED) is 0.880. The minimum absolute atomic E-state index is 0.0659. The van der Waals surface area contributed by atoms with E-state index in [1.165, 1.54) is 42.5 Å². The van der Waals surface area contributed by atoms with Crippen LogP contribution in [0.2, 0.25) is 5.02 Å². The van der Waals surface area contributed by atoms with Gasteiger partial charge in [0.15, 0.2) is 5.82 Å². The van der Waals surface area contributed by atoms with Crippen LogP contribution in [-0.4, -0.2) is 23.0 Å². The summed E-state index contributed by atoms with van der Waals surface area (Å²) in [6.07, 6.45) is -0.0659. The number of halogens is 3. The molecular weight excluding hydrogens is 328 g/mol. The van der Waals surface area contributed by atoms with E-state index in [2.05, 4.69) is 5.32 Å². The molecule has 0 heterocycles. The van der Waals surface area contributed by atoms with Crippen molar-refractivity contribution in [1.82, 2.24) is 5.32 Å². The lowest BCUT2D eigenvalue weighted by molar-refractivity contribution is -0.139. The molecule has 0 saturated heterocycles. The van der Waals surface area contributed by atoms with Crippen molar-refractivity contribution in [3.63, 3.8) is 0 Å². The molecule has 1 amide bonds. The highest BCUT2D eigenvalue weighted by Crippen LogP contribution is 2.18. The standard InChI is InChI=1S/C16H12ClF2NO3/c17-12-3-1-2-11(14(12)19)15(21)20-13(16(22)23)8-9-4-6-10(18)7-5-9/h1-7,13H,8H2,(H,20,21)(H,22,23)/t13-/m1/s1. The van der Waals surface area contributed by atoms with E-state index in [1.54, 1.807) is 0 Å². The summed E-state index contributed by atoms with van der Waals surface area (Å²) in [5, 5.41) is 11.2. The van der Waals surface area contributed by atoms with Crippen molar-refractivity contribution < 1.29 is 23.5 Å². The third kappa shape index (κ3) is 4.26. The molecule has 7 heteroatoms. The van der Waals surface area contributed by atoms with Gasteiger partial charge in [-0.25, -0.2) is 13.6 Å². The summed E-state index contributed by atoms with van der Waals surface area (Å²) in [7, 11) is 0. The summed E-state index contributed by atoms with van der Waals surface area (Å²) in [4.78, 5) is 23.3. The molecule has 0 aliphatic carbocycles. The van der Waals surface area contributed by atoms with Crippen LogP contribution in [-0.2, 0) is 11.2 Å². The van der Waals surface area contributed by atoms with E-state index < -0.39 is 29.6 Å². The molecule has 1 atom stereocenters. The Morgan fingerprint density at radius 1 is 1.13 bits per heavy atom. The SMILES string of the molecule is O=C(N[C@H](Cc1ccc(F)cc1)C(=O)O)c1cccc(Cl)c1F. The Balaban J connectivity index is 2.16. The van der Waals surface area contributed by atoms with Crippen LogP contribution in [0.5, 0.6) is 0 Å². The number of carbonyl (C=O) groups is 2. The molecular formula is C16H12ClF2NO3. The normalized spacial score (nSPS) is 11.8. The van der Waals surface area contributed by atoms with Crippen molar-refractivity contribution in [2.45, 2.75) is 12.5 Å². The number of nitrogens with one attached hydrogen (secondary N) is 1. The zero-order valence-corrected chi connectivity index (χ0v) is 12.5. The molecule has 23 heavy (non-hydrogen) atoms. The Hall–Kier alpha value is -2.47. The Morgan fingerprint density at radius 3 is 2.39 bits per heavy atom. The highest BCUT2D eigenvalue weighted by molar-refractivity contribution is 6.31. The van der Waals surface area contributed by atoms with Gasteiger partial charge in [-0.3, -0.25) is 4.79 Å². The third-order valence-corrected chi connectivity index (χ3v) is 3.44. The molecule has 0 radical (unpaired) electrons. The second kappa shape index (κ2) is 7.19. The molecule has 0 aromatic heterocycles. The second-order valence-electron chi connectivity index (χ2n) is 4.80. The molecule has 0 saturated carbocycles. The number of amides is 1. The van der Waals surface area contributed by atoms with Gasteiger partial charge >= 0.3 is 5.97 Å². The number of benzene rings is 2. The van der Waals surface area contributed by atoms with Crippen molar-refractivity contribution >= 4 is 23.5 Å². The first-order chi connectivity index (χ1) is 10.9. The number of aliphatic carboxylic acids is 1. The van der Waals surface area contributed by atoms with Gasteiger partial charge in [-0.2, -0.15) is 0 Å². The summed E-state index contributed by atoms with van der Waals surface area (Å²) in [5.74, 6) is -3.55. The maximum Gasteiger partial charge on any atom is 0.326 e.